The van der Waals surface area contributed by atoms with E-state index in [9.17, 15) is 4.79 Å². The molecule has 4 N–H and O–H groups in total. The number of ether oxygens (including phenoxy) is 2. The summed E-state index contributed by atoms with van der Waals surface area (Å²) in [6, 6.07) is 17.5. The van der Waals surface area contributed by atoms with Gasteiger partial charge < -0.3 is 25.4 Å². The van der Waals surface area contributed by atoms with Crippen molar-refractivity contribution in [1.29, 1.82) is 5.41 Å². The van der Waals surface area contributed by atoms with Crippen LogP contribution in [0.3, 0.4) is 0 Å². The van der Waals surface area contributed by atoms with Crippen molar-refractivity contribution in [3.63, 3.8) is 0 Å². The van der Waals surface area contributed by atoms with Gasteiger partial charge in [-0.3, -0.25) is 20.1 Å². The minimum atomic E-state index is 0.00473. The van der Waals surface area contributed by atoms with Crippen LogP contribution in [0.4, 0.5) is 0 Å². The molecule has 1 unspecified atom stereocenters. The number of nitrogens with zero attached hydrogens (tertiary/aromatic N) is 3. The third-order valence-corrected chi connectivity index (χ3v) is 7.86. The van der Waals surface area contributed by atoms with Gasteiger partial charge in [0, 0.05) is 68.8 Å². The van der Waals surface area contributed by atoms with Gasteiger partial charge in [0.15, 0.2) is 0 Å². The largest absolute Gasteiger partial charge is 0.457 e. The summed E-state index contributed by atoms with van der Waals surface area (Å²) in [5, 5.41) is 12.6. The molecule has 248 valence electrons. The monoisotopic (exact) mass is 628 g/mol. The van der Waals surface area contributed by atoms with Crippen molar-refractivity contribution in [3.8, 4) is 11.5 Å². The molecule has 2 aliphatic rings. The number of nitrogens with one attached hydrogen (secondary N) is 2. The summed E-state index contributed by atoms with van der Waals surface area (Å²) in [4.78, 5) is 22.0. The Hall–Kier alpha value is -4.21. The summed E-state index contributed by atoms with van der Waals surface area (Å²) in [5.41, 5.74) is 8.43. The van der Waals surface area contributed by atoms with Crippen molar-refractivity contribution in [3.05, 3.63) is 96.2 Å². The summed E-state index contributed by atoms with van der Waals surface area (Å²) in [7, 11) is 2.11. The van der Waals surface area contributed by atoms with Crippen LogP contribution in [0.1, 0.15) is 52.0 Å². The van der Waals surface area contributed by atoms with Crippen LogP contribution in [0.2, 0.25) is 0 Å². The molecule has 0 spiro atoms. The first-order chi connectivity index (χ1) is 22.3. The molecule has 9 heteroatoms. The average molecular weight is 629 g/mol. The van der Waals surface area contributed by atoms with E-state index in [1.807, 2.05) is 79.4 Å². The van der Waals surface area contributed by atoms with Gasteiger partial charge in [-0.05, 0) is 89.9 Å². The normalized spacial score (nSPS) is 18.0. The van der Waals surface area contributed by atoms with Gasteiger partial charge in [-0.15, -0.1) is 6.58 Å². The van der Waals surface area contributed by atoms with Gasteiger partial charge in [0.2, 0.25) is 5.91 Å². The smallest absolute Gasteiger partial charge is 0.246 e. The number of likely N-dealkylation sites (N-methyl/N-ethyl adjacent to an activating group) is 1. The minimum absolute atomic E-state index is 0.00473. The fraction of sp³-hybridized carbons (Fsp3) is 0.432. The Balaban J connectivity index is 0.00000185. The molecule has 0 aliphatic carbocycles. The van der Waals surface area contributed by atoms with Crippen molar-refractivity contribution in [2.24, 2.45) is 10.7 Å². The predicted octanol–water partition coefficient (Wildman–Crippen LogP) is 5.94. The van der Waals surface area contributed by atoms with Crippen LogP contribution in [0, 0.1) is 5.41 Å². The van der Waals surface area contributed by atoms with Crippen molar-refractivity contribution in [1.82, 2.24) is 15.1 Å². The summed E-state index contributed by atoms with van der Waals surface area (Å²) in [5.74, 6) is 2.06. The first-order valence-corrected chi connectivity index (χ1v) is 16.3. The minimum Gasteiger partial charge on any atom is -0.457 e. The Morgan fingerprint density at radius 1 is 1.15 bits per heavy atom. The van der Waals surface area contributed by atoms with Crippen LogP contribution in [0.15, 0.2) is 95.7 Å². The van der Waals surface area contributed by atoms with E-state index in [-0.39, 0.29) is 17.7 Å². The second-order valence-electron chi connectivity index (χ2n) is 11.6. The molecule has 46 heavy (non-hydrogen) atoms. The highest BCUT2D eigenvalue weighted by molar-refractivity contribution is 6.28. The van der Waals surface area contributed by atoms with Crippen molar-refractivity contribution < 1.29 is 14.3 Å². The second kappa shape index (κ2) is 19.3. The van der Waals surface area contributed by atoms with E-state index in [2.05, 4.69) is 23.8 Å². The third kappa shape index (κ3) is 11.3. The summed E-state index contributed by atoms with van der Waals surface area (Å²) in [6.07, 6.45) is 9.27. The number of piperidine rings is 1. The molecule has 2 fully saturated rings. The number of nitrogens with two attached hydrogens (primary N) is 1. The van der Waals surface area contributed by atoms with E-state index in [0.29, 0.717) is 47.6 Å². The SMILES string of the molecule is C=CC.CCN=C(NC1CCCN(C(=O)/C=C/CN(C)C2CCOCC2)C1)/C(C(=N)c1ccc(Oc2ccccc2)cc1)=C(\C)N. The van der Waals surface area contributed by atoms with E-state index in [0.717, 1.165) is 57.7 Å². The van der Waals surface area contributed by atoms with Gasteiger partial charge in [0.25, 0.3) is 0 Å². The van der Waals surface area contributed by atoms with Crippen LogP contribution >= 0.6 is 0 Å². The highest BCUT2D eigenvalue weighted by Gasteiger charge is 2.26. The number of likely N-dealkylation sites (tertiary alicyclic amines) is 1. The number of hydrogen-bond acceptors (Lipinski definition) is 7. The summed E-state index contributed by atoms with van der Waals surface area (Å²) in [6.45, 7) is 13.2. The lowest BCUT2D eigenvalue weighted by Crippen LogP contribution is -2.50. The molecular weight excluding hydrogens is 576 g/mol. The van der Waals surface area contributed by atoms with Gasteiger partial charge >= 0.3 is 0 Å². The lowest BCUT2D eigenvalue weighted by atomic mass is 9.98. The Morgan fingerprint density at radius 3 is 2.43 bits per heavy atom. The predicted molar refractivity (Wildman–Crippen MR) is 189 cm³/mol. The maximum Gasteiger partial charge on any atom is 0.246 e. The maximum atomic E-state index is 13.1. The second-order valence-corrected chi connectivity index (χ2v) is 11.6. The number of aliphatic imine (C=N–C) groups is 1. The van der Waals surface area contributed by atoms with Gasteiger partial charge in [-0.25, -0.2) is 0 Å². The number of benzene rings is 2. The number of carbonyl (C=O) groups is 1. The molecule has 0 saturated carbocycles. The Labute approximate surface area is 275 Å². The molecule has 0 radical (unpaired) electrons. The highest BCUT2D eigenvalue weighted by Crippen LogP contribution is 2.23. The Kier molecular flexibility index (Phi) is 15.2. The molecule has 4 rings (SSSR count). The summed E-state index contributed by atoms with van der Waals surface area (Å²) < 4.78 is 11.4. The van der Waals surface area contributed by atoms with E-state index in [1.165, 1.54) is 0 Å². The molecule has 2 aromatic rings. The van der Waals surface area contributed by atoms with Crippen LogP contribution in [0.5, 0.6) is 11.5 Å². The van der Waals surface area contributed by atoms with Gasteiger partial charge in [-0.1, -0.05) is 30.4 Å². The first kappa shape index (κ1) is 36.3. The standard InChI is InChI=1S/C34H46N6O3.C3H6/c1-4-37-34(32(25(2)35)33(36)26-14-16-30(17-15-26)43-29-11-6-5-7-12-29)38-27-10-8-21-40(24-27)31(41)13-9-20-39(3)28-18-22-42-23-19-28;1-3-2/h5-7,9,11-17,27-28,36H,4,8,10,18-24,35H2,1-3H3,(H,37,38);3H,1H2,2H3/b13-9+,32-25+,36-33?;. The third-order valence-electron chi connectivity index (χ3n) is 7.86. The molecule has 9 nitrogen and oxygen atoms in total. The number of para-hydroxylation sites is 1. The van der Waals surface area contributed by atoms with Gasteiger partial charge in [-0.2, -0.15) is 0 Å². The van der Waals surface area contributed by atoms with Gasteiger partial charge in [0.1, 0.15) is 17.3 Å². The number of rotatable bonds is 11. The van der Waals surface area contributed by atoms with Crippen LogP contribution in [-0.4, -0.2) is 85.8 Å². The molecule has 2 aliphatic heterocycles. The van der Waals surface area contributed by atoms with Gasteiger partial charge in [0.05, 0.1) is 11.3 Å². The maximum absolute atomic E-state index is 13.1. The molecule has 1 atom stereocenters. The zero-order valence-electron chi connectivity index (χ0n) is 28.0. The van der Waals surface area contributed by atoms with E-state index in [4.69, 9.17) is 25.6 Å². The number of allylic oxidation sites excluding steroid dienone is 2. The number of carbonyl (C=O) groups excluding carboxylic acids is 1. The number of amides is 1. The van der Waals surface area contributed by atoms with E-state index < -0.39 is 0 Å². The van der Waals surface area contributed by atoms with Crippen molar-refractivity contribution in [2.45, 2.75) is 58.5 Å². The molecule has 2 aromatic carbocycles. The topological polar surface area (TPSA) is 116 Å². The molecule has 0 aromatic heterocycles. The van der Waals surface area contributed by atoms with Crippen LogP contribution < -0.4 is 15.8 Å². The van der Waals surface area contributed by atoms with Crippen LogP contribution in [0.25, 0.3) is 0 Å². The van der Waals surface area contributed by atoms with Crippen molar-refractivity contribution in [2.75, 3.05) is 46.4 Å². The average Bonchev–Trinajstić information content (AvgIpc) is 3.06. The highest BCUT2D eigenvalue weighted by atomic mass is 16.5. The van der Waals surface area contributed by atoms with E-state index >= 15 is 0 Å². The molecule has 2 heterocycles. The molecular formula is C37H52N6O3. The molecule has 0 bridgehead atoms. The fourth-order valence-corrected chi connectivity index (χ4v) is 5.50. The Morgan fingerprint density at radius 2 is 1.80 bits per heavy atom. The van der Waals surface area contributed by atoms with Crippen molar-refractivity contribution >= 4 is 17.5 Å². The molecule has 1 amide bonds. The molecule has 2 saturated heterocycles. The first-order valence-electron chi connectivity index (χ1n) is 16.3. The lowest BCUT2D eigenvalue weighted by Gasteiger charge is -2.34. The Bertz CT molecular complexity index is 1340. The fourth-order valence-electron chi connectivity index (χ4n) is 5.50. The zero-order valence-corrected chi connectivity index (χ0v) is 28.0. The number of amidine groups is 1. The quantitative estimate of drug-likeness (QED) is 0.123. The lowest BCUT2D eigenvalue weighted by molar-refractivity contribution is -0.127. The van der Waals surface area contributed by atoms with Crippen LogP contribution in [-0.2, 0) is 9.53 Å². The zero-order chi connectivity index (χ0) is 33.3. The number of hydrogen-bond donors (Lipinski definition) is 3. The van der Waals surface area contributed by atoms with E-state index in [1.54, 1.807) is 19.1 Å². The summed E-state index contributed by atoms with van der Waals surface area (Å²) >= 11 is 0.